The van der Waals surface area contributed by atoms with Gasteiger partial charge in [-0.1, -0.05) is 36.4 Å². The molecule has 0 amide bonds. The molecule has 13 nitrogen and oxygen atoms in total. The number of ether oxygens (including phenoxy) is 2. The number of hydrogen-bond acceptors (Lipinski definition) is 11. The van der Waals surface area contributed by atoms with Gasteiger partial charge in [-0.2, -0.15) is 5.09 Å². The Morgan fingerprint density at radius 2 is 1.87 bits per heavy atom. The molecule has 0 spiro atoms. The smallest absolute Gasteiger partial charge is 0.459 e. The van der Waals surface area contributed by atoms with Crippen molar-refractivity contribution in [3.05, 3.63) is 54.6 Å². The Balaban J connectivity index is 1.46. The van der Waals surface area contributed by atoms with E-state index in [1.165, 1.54) is 19.3 Å². The van der Waals surface area contributed by atoms with E-state index >= 15 is 8.78 Å². The summed E-state index contributed by atoms with van der Waals surface area (Å²) < 4.78 is 70.2. The Hall–Kier alpha value is -3.75. The minimum absolute atomic E-state index is 0.101. The van der Waals surface area contributed by atoms with Gasteiger partial charge in [0.25, 0.3) is 5.85 Å². The Morgan fingerprint density at radius 1 is 1.17 bits per heavy atom. The number of anilines is 1. The Bertz CT molecular complexity index is 1800. The molecule has 1 aliphatic rings. The van der Waals surface area contributed by atoms with Crippen LogP contribution < -0.4 is 14.5 Å². The average molecular weight is 663 g/mol. The Kier molecular flexibility index (Phi) is 9.10. The number of hydrogen-bond donors (Lipinski definition) is 2. The summed E-state index contributed by atoms with van der Waals surface area (Å²) in [6, 6.07) is 10.8. The molecular formula is C30H37F2N6O7P. The lowest BCUT2D eigenvalue weighted by molar-refractivity contribution is -0.202. The van der Waals surface area contributed by atoms with Crippen molar-refractivity contribution in [2.24, 2.45) is 0 Å². The normalized spacial score (nSPS) is 25.1. The molecule has 5 rings (SSSR count). The third kappa shape index (κ3) is 6.42. The fraction of sp³-hybridized carbons (Fsp3) is 0.467. The minimum Gasteiger partial charge on any atom is -0.462 e. The minimum atomic E-state index is -4.66. The number of benzene rings is 2. The summed E-state index contributed by atoms with van der Waals surface area (Å²) >= 11 is 0. The summed E-state index contributed by atoms with van der Waals surface area (Å²) in [5, 5.41) is 14.7. The molecule has 1 saturated heterocycles. The number of rotatable bonds is 11. The van der Waals surface area contributed by atoms with Gasteiger partial charge in [0, 0.05) is 19.5 Å². The number of halogens is 2. The third-order valence-electron chi connectivity index (χ3n) is 7.38. The maximum Gasteiger partial charge on any atom is 0.459 e. The molecule has 0 radical (unpaired) electrons. The molecule has 2 aromatic heterocycles. The number of aromatic nitrogens is 4. The van der Waals surface area contributed by atoms with E-state index in [0.29, 0.717) is 22.5 Å². The average Bonchev–Trinajstić information content (AvgIpc) is 3.47. The maximum atomic E-state index is 16.5. The number of carbonyl (C=O) groups excluding carboxylic acids is 1. The van der Waals surface area contributed by atoms with Crippen LogP contribution in [0.5, 0.6) is 5.75 Å². The first-order valence-corrected chi connectivity index (χ1v) is 16.1. The second kappa shape index (κ2) is 12.5. The molecule has 248 valence electrons. The van der Waals surface area contributed by atoms with Crippen LogP contribution in [0.4, 0.5) is 14.6 Å². The van der Waals surface area contributed by atoms with Crippen molar-refractivity contribution in [2.45, 2.75) is 70.6 Å². The van der Waals surface area contributed by atoms with Gasteiger partial charge in [0.05, 0.1) is 12.4 Å². The van der Waals surface area contributed by atoms with Gasteiger partial charge in [-0.05, 0) is 46.1 Å². The van der Waals surface area contributed by atoms with Crippen LogP contribution in [-0.4, -0.2) is 81.1 Å². The van der Waals surface area contributed by atoms with Gasteiger partial charge in [-0.3, -0.25) is 13.9 Å². The molecule has 1 fully saturated rings. The van der Waals surface area contributed by atoms with Gasteiger partial charge < -0.3 is 24.0 Å². The standard InChI is InChI=1S/C30H37F2N6O7P/c1-17(2)43-26(39)18(3)36-46(41,45-22-14-10-12-20-11-8-9-13-21(20)22)42-15-30(32)27(40)29(5,31)28(44-30)38-16-33-23-24(37(6)7)34-19(4)35-25(23)38/h8-14,16-18,27-28,40H,15H2,1-7H3,(H,36,41)/t18-,27-,28+,29+,30+,46+/m0/s1. The number of imidazole rings is 1. The van der Waals surface area contributed by atoms with E-state index in [-0.39, 0.29) is 11.4 Å². The van der Waals surface area contributed by atoms with Gasteiger partial charge in [-0.25, -0.2) is 28.3 Å². The molecule has 16 heteroatoms. The van der Waals surface area contributed by atoms with Crippen LogP contribution in [0.3, 0.4) is 0 Å². The molecule has 6 atom stereocenters. The number of nitrogens with one attached hydrogen (secondary N) is 1. The van der Waals surface area contributed by atoms with E-state index in [0.717, 1.165) is 16.9 Å². The number of aryl methyl sites for hydroxylation is 1. The lowest BCUT2D eigenvalue weighted by Gasteiger charge is -2.28. The number of aliphatic hydroxyl groups excluding tert-OH is 1. The summed E-state index contributed by atoms with van der Waals surface area (Å²) in [6.45, 7) is 5.99. The maximum absolute atomic E-state index is 16.5. The summed E-state index contributed by atoms with van der Waals surface area (Å²) in [6.07, 6.45) is -3.45. The molecule has 2 N–H and O–H groups in total. The largest absolute Gasteiger partial charge is 0.462 e. The van der Waals surface area contributed by atoms with Crippen LogP contribution in [0.2, 0.25) is 0 Å². The highest BCUT2D eigenvalue weighted by Gasteiger charge is 2.65. The highest BCUT2D eigenvalue weighted by Crippen LogP contribution is 2.52. The van der Waals surface area contributed by atoms with Gasteiger partial charge in [0.2, 0.25) is 0 Å². The first-order chi connectivity index (χ1) is 21.5. The van der Waals surface area contributed by atoms with E-state index in [9.17, 15) is 14.5 Å². The number of fused-ring (bicyclic) bond motifs is 2. The van der Waals surface area contributed by atoms with E-state index in [4.69, 9.17) is 18.5 Å². The van der Waals surface area contributed by atoms with Gasteiger partial charge in [-0.15, -0.1) is 0 Å². The number of aliphatic hydroxyl groups is 1. The molecule has 0 unspecified atom stereocenters. The van der Waals surface area contributed by atoms with Crippen molar-refractivity contribution < 1.29 is 41.8 Å². The first kappa shape index (κ1) is 33.6. The molecule has 0 bridgehead atoms. The van der Waals surface area contributed by atoms with Crippen LogP contribution in [-0.2, 0) is 23.4 Å². The van der Waals surface area contributed by atoms with Crippen LogP contribution in [0.25, 0.3) is 21.9 Å². The van der Waals surface area contributed by atoms with Gasteiger partial charge in [0.15, 0.2) is 35.0 Å². The second-order valence-electron chi connectivity index (χ2n) is 11.8. The molecule has 0 saturated carbocycles. The van der Waals surface area contributed by atoms with Gasteiger partial charge >= 0.3 is 13.7 Å². The zero-order chi connectivity index (χ0) is 33.6. The number of esters is 1. The molecule has 1 aliphatic heterocycles. The summed E-state index contributed by atoms with van der Waals surface area (Å²) in [5.41, 5.74) is -2.30. The van der Waals surface area contributed by atoms with Crippen molar-refractivity contribution in [2.75, 3.05) is 25.6 Å². The fourth-order valence-corrected chi connectivity index (χ4v) is 6.67. The molecule has 2 aromatic carbocycles. The summed E-state index contributed by atoms with van der Waals surface area (Å²) in [5.74, 6) is -3.13. The number of carbonyl (C=O) groups is 1. The van der Waals surface area contributed by atoms with E-state index in [1.54, 1.807) is 76.2 Å². The second-order valence-corrected chi connectivity index (χ2v) is 13.5. The Labute approximate surface area is 264 Å². The van der Waals surface area contributed by atoms with Crippen molar-refractivity contribution >= 4 is 41.5 Å². The van der Waals surface area contributed by atoms with E-state index in [1.807, 2.05) is 0 Å². The van der Waals surface area contributed by atoms with Crippen LogP contribution >= 0.6 is 7.75 Å². The van der Waals surface area contributed by atoms with E-state index < -0.39 is 56.3 Å². The first-order valence-electron chi connectivity index (χ1n) is 14.6. The van der Waals surface area contributed by atoms with Crippen LogP contribution in [0.15, 0.2) is 48.8 Å². The molecule has 3 heterocycles. The topological polar surface area (TPSA) is 150 Å². The van der Waals surface area contributed by atoms with Crippen molar-refractivity contribution in [3.63, 3.8) is 0 Å². The van der Waals surface area contributed by atoms with E-state index in [2.05, 4.69) is 20.0 Å². The van der Waals surface area contributed by atoms with Gasteiger partial charge in [0.1, 0.15) is 24.2 Å². The third-order valence-corrected chi connectivity index (χ3v) is 8.99. The van der Waals surface area contributed by atoms with Crippen LogP contribution in [0.1, 0.15) is 39.7 Å². The molecule has 4 aromatic rings. The van der Waals surface area contributed by atoms with Crippen molar-refractivity contribution in [3.8, 4) is 5.75 Å². The number of nitrogens with zero attached hydrogens (tertiary/aromatic N) is 5. The Morgan fingerprint density at radius 3 is 2.57 bits per heavy atom. The van der Waals surface area contributed by atoms with Crippen molar-refractivity contribution in [1.82, 2.24) is 24.6 Å². The summed E-state index contributed by atoms with van der Waals surface area (Å²) in [7, 11) is -1.16. The predicted octanol–water partition coefficient (Wildman–Crippen LogP) is 4.77. The zero-order valence-corrected chi connectivity index (χ0v) is 27.4. The monoisotopic (exact) mass is 662 g/mol. The zero-order valence-electron chi connectivity index (χ0n) is 26.5. The van der Waals surface area contributed by atoms with Crippen molar-refractivity contribution in [1.29, 1.82) is 0 Å². The molecular weight excluding hydrogens is 625 g/mol. The quantitative estimate of drug-likeness (QED) is 0.168. The highest BCUT2D eigenvalue weighted by molar-refractivity contribution is 7.52. The lowest BCUT2D eigenvalue weighted by Crippen LogP contribution is -2.47. The summed E-state index contributed by atoms with van der Waals surface area (Å²) in [4.78, 5) is 27.3. The predicted molar refractivity (Wildman–Crippen MR) is 166 cm³/mol. The fourth-order valence-electron chi connectivity index (χ4n) is 5.15. The lowest BCUT2D eigenvalue weighted by atomic mass is 9.97. The van der Waals surface area contributed by atoms with Crippen LogP contribution in [0, 0.1) is 6.92 Å². The SMILES string of the molecule is Cc1nc(N(C)C)c2ncn([C@@H]3O[C@](F)(CO[P@](=O)(N[C@@H](C)C(=O)OC(C)C)Oc4cccc5ccccc45)[C@@H](O)[C@@]3(C)F)c2n1. The molecule has 46 heavy (non-hydrogen) atoms. The molecule has 0 aliphatic carbocycles. The highest BCUT2D eigenvalue weighted by atomic mass is 31.2. The number of alkyl halides is 2.